The van der Waals surface area contributed by atoms with Crippen molar-refractivity contribution < 1.29 is 14.6 Å². The molecule has 0 radical (unpaired) electrons. The van der Waals surface area contributed by atoms with Crippen LogP contribution in [-0.4, -0.2) is 29.1 Å². The number of carbonyl (C=O) groups is 1. The summed E-state index contributed by atoms with van der Waals surface area (Å²) in [6.07, 6.45) is 0.504. The van der Waals surface area contributed by atoms with Gasteiger partial charge in [0.05, 0.1) is 18.7 Å². The third kappa shape index (κ3) is 3.51. The molecule has 9 heteroatoms. The van der Waals surface area contributed by atoms with Gasteiger partial charge in [0.1, 0.15) is 11.8 Å². The molecule has 2 aromatic carbocycles. The number of aromatic amines is 1. The van der Waals surface area contributed by atoms with Gasteiger partial charge in [0.2, 0.25) is 5.88 Å². The highest BCUT2D eigenvalue weighted by molar-refractivity contribution is 9.10. The molecule has 2 atom stereocenters. The van der Waals surface area contributed by atoms with Gasteiger partial charge in [0.25, 0.3) is 5.91 Å². The minimum atomic E-state index is -0.530. The van der Waals surface area contributed by atoms with E-state index in [9.17, 15) is 9.90 Å². The van der Waals surface area contributed by atoms with Crippen LogP contribution in [0.25, 0.3) is 10.9 Å². The summed E-state index contributed by atoms with van der Waals surface area (Å²) >= 11 is 3.39. The van der Waals surface area contributed by atoms with Crippen molar-refractivity contribution in [3.8, 4) is 11.6 Å². The quantitative estimate of drug-likeness (QED) is 0.457. The molecular formula is C19H18BrN5O3. The number of hydrazine groups is 1. The zero-order valence-corrected chi connectivity index (χ0v) is 16.5. The number of aromatic nitrogens is 1. The second-order valence-electron chi connectivity index (χ2n) is 6.42. The topological polar surface area (TPSA) is 111 Å². The summed E-state index contributed by atoms with van der Waals surface area (Å²) in [5, 5.41) is 18.6. The van der Waals surface area contributed by atoms with Gasteiger partial charge in [-0.2, -0.15) is 0 Å². The molecule has 0 bridgehead atoms. The zero-order valence-electron chi connectivity index (χ0n) is 14.9. The van der Waals surface area contributed by atoms with Crippen molar-refractivity contribution in [1.82, 2.24) is 15.8 Å². The first-order valence-corrected chi connectivity index (χ1v) is 9.46. The number of azo groups is 1. The first-order valence-electron chi connectivity index (χ1n) is 8.66. The molecule has 1 fully saturated rings. The van der Waals surface area contributed by atoms with Crippen LogP contribution >= 0.6 is 15.9 Å². The maximum atomic E-state index is 12.5. The van der Waals surface area contributed by atoms with E-state index in [1.165, 1.54) is 0 Å². The number of nitrogens with one attached hydrogen (secondary N) is 3. The van der Waals surface area contributed by atoms with Crippen LogP contribution < -0.4 is 15.6 Å². The van der Waals surface area contributed by atoms with Crippen LogP contribution in [0.2, 0.25) is 0 Å². The molecule has 3 aromatic rings. The van der Waals surface area contributed by atoms with Gasteiger partial charge in [-0.3, -0.25) is 4.79 Å². The monoisotopic (exact) mass is 443 g/mol. The molecule has 0 saturated carbocycles. The first-order chi connectivity index (χ1) is 13.6. The van der Waals surface area contributed by atoms with Crippen molar-refractivity contribution in [2.75, 3.05) is 7.11 Å². The number of benzene rings is 2. The fourth-order valence-corrected chi connectivity index (χ4v) is 3.64. The Morgan fingerprint density at radius 1 is 1.25 bits per heavy atom. The Morgan fingerprint density at radius 3 is 2.89 bits per heavy atom. The summed E-state index contributed by atoms with van der Waals surface area (Å²) in [6.45, 7) is 0. The normalized spacial score (nSPS) is 19.5. The third-order valence-electron chi connectivity index (χ3n) is 4.68. The van der Waals surface area contributed by atoms with Crippen molar-refractivity contribution in [3.63, 3.8) is 0 Å². The lowest BCUT2D eigenvalue weighted by atomic mass is 10.0. The Balaban J connectivity index is 1.51. The number of carbonyl (C=O) groups excluding carboxylic acids is 1. The van der Waals surface area contributed by atoms with Crippen molar-refractivity contribution in [2.45, 2.75) is 18.5 Å². The number of amides is 1. The molecule has 144 valence electrons. The zero-order chi connectivity index (χ0) is 19.7. The SMILES string of the molecule is COc1ccccc1C1CC(C(=O)N=Nc2c(O)[nH]c3ccc(Br)cc23)NN1. The summed E-state index contributed by atoms with van der Waals surface area (Å²) in [5.41, 5.74) is 7.97. The number of H-pyrrole nitrogens is 1. The molecule has 4 N–H and O–H groups in total. The number of nitrogens with zero attached hydrogens (tertiary/aromatic N) is 2. The first kappa shape index (κ1) is 18.6. The Labute approximate surface area is 169 Å². The number of rotatable bonds is 4. The molecule has 0 aliphatic carbocycles. The van der Waals surface area contributed by atoms with Crippen molar-refractivity contribution >= 4 is 38.4 Å². The van der Waals surface area contributed by atoms with E-state index in [1.807, 2.05) is 30.3 Å². The molecule has 1 aliphatic heterocycles. The maximum Gasteiger partial charge on any atom is 0.282 e. The molecule has 2 unspecified atom stereocenters. The summed E-state index contributed by atoms with van der Waals surface area (Å²) in [5.74, 6) is 0.202. The van der Waals surface area contributed by atoms with E-state index >= 15 is 0 Å². The number of methoxy groups -OCH3 is 1. The summed E-state index contributed by atoms with van der Waals surface area (Å²) < 4.78 is 6.22. The number of ether oxygens (including phenoxy) is 1. The predicted octanol–water partition coefficient (Wildman–Crippen LogP) is 3.86. The van der Waals surface area contributed by atoms with Crippen molar-refractivity contribution in [1.29, 1.82) is 0 Å². The van der Waals surface area contributed by atoms with Gasteiger partial charge in [-0.25, -0.2) is 10.9 Å². The third-order valence-corrected chi connectivity index (χ3v) is 5.17. The van der Waals surface area contributed by atoms with Gasteiger partial charge in [-0.05, 0) is 30.7 Å². The van der Waals surface area contributed by atoms with E-state index in [4.69, 9.17) is 4.74 Å². The van der Waals surface area contributed by atoms with Crippen molar-refractivity contribution in [2.24, 2.45) is 10.2 Å². The molecule has 1 aromatic heterocycles. The van der Waals surface area contributed by atoms with Gasteiger partial charge in [0, 0.05) is 15.4 Å². The van der Waals surface area contributed by atoms with Crippen LogP contribution in [-0.2, 0) is 4.79 Å². The average Bonchev–Trinajstić information content (AvgIpc) is 3.30. The lowest BCUT2D eigenvalue weighted by Gasteiger charge is -2.13. The van der Waals surface area contributed by atoms with Gasteiger partial charge in [-0.15, -0.1) is 10.2 Å². The number of hydrogen-bond acceptors (Lipinski definition) is 6. The second-order valence-corrected chi connectivity index (χ2v) is 7.34. The highest BCUT2D eigenvalue weighted by Gasteiger charge is 2.31. The van der Waals surface area contributed by atoms with Crippen LogP contribution in [0.4, 0.5) is 5.69 Å². The van der Waals surface area contributed by atoms with E-state index in [0.29, 0.717) is 17.3 Å². The lowest BCUT2D eigenvalue weighted by molar-refractivity contribution is -0.120. The summed E-state index contributed by atoms with van der Waals surface area (Å²) in [7, 11) is 1.62. The van der Waals surface area contributed by atoms with Crippen LogP contribution in [0.1, 0.15) is 18.0 Å². The largest absolute Gasteiger partial charge is 0.496 e. The number of aromatic hydroxyl groups is 1. The molecule has 0 spiro atoms. The molecule has 28 heavy (non-hydrogen) atoms. The molecule has 1 amide bonds. The smallest absolute Gasteiger partial charge is 0.282 e. The number of halogens is 1. The Hall–Kier alpha value is -2.75. The fraction of sp³-hybridized carbons (Fsp3) is 0.211. The summed E-state index contributed by atoms with van der Waals surface area (Å²) in [6, 6.07) is 12.5. The number of para-hydroxylation sites is 1. The summed E-state index contributed by atoms with van der Waals surface area (Å²) in [4.78, 5) is 15.3. The van der Waals surface area contributed by atoms with Crippen LogP contribution in [0.3, 0.4) is 0 Å². The number of hydrogen-bond donors (Lipinski definition) is 4. The van der Waals surface area contributed by atoms with E-state index in [-0.39, 0.29) is 17.6 Å². The van der Waals surface area contributed by atoms with Gasteiger partial charge in [0.15, 0.2) is 5.69 Å². The minimum Gasteiger partial charge on any atom is -0.496 e. The molecule has 1 aliphatic rings. The Morgan fingerprint density at radius 2 is 2.07 bits per heavy atom. The van der Waals surface area contributed by atoms with E-state index in [1.54, 1.807) is 19.2 Å². The number of fused-ring (bicyclic) bond motifs is 1. The molecule has 8 nitrogen and oxygen atoms in total. The highest BCUT2D eigenvalue weighted by atomic mass is 79.9. The molecular weight excluding hydrogens is 426 g/mol. The van der Waals surface area contributed by atoms with Crippen LogP contribution in [0.5, 0.6) is 11.6 Å². The standard InChI is InChI=1S/C19H18BrN5O3/c1-28-16-5-3-2-4-11(16)14-9-15(23-22-14)18(26)25-24-17-12-8-10(20)6-7-13(12)21-19(17)27/h2-8,14-15,21-23,27H,9H2,1H3. The van der Waals surface area contributed by atoms with E-state index < -0.39 is 11.9 Å². The second kappa shape index (κ2) is 7.70. The van der Waals surface area contributed by atoms with E-state index in [0.717, 1.165) is 15.8 Å². The van der Waals surface area contributed by atoms with Crippen molar-refractivity contribution in [3.05, 3.63) is 52.5 Å². The van der Waals surface area contributed by atoms with Crippen LogP contribution in [0, 0.1) is 0 Å². The Bertz CT molecular complexity index is 1060. The fourth-order valence-electron chi connectivity index (χ4n) is 3.28. The Kier molecular flexibility index (Phi) is 5.12. The maximum absolute atomic E-state index is 12.5. The highest BCUT2D eigenvalue weighted by Crippen LogP contribution is 2.37. The molecule has 1 saturated heterocycles. The van der Waals surface area contributed by atoms with Crippen LogP contribution in [0.15, 0.2) is 57.2 Å². The van der Waals surface area contributed by atoms with E-state index in [2.05, 4.69) is 42.0 Å². The van der Waals surface area contributed by atoms with Gasteiger partial charge < -0.3 is 14.8 Å². The minimum absolute atomic E-state index is 0.0854. The van der Waals surface area contributed by atoms with Gasteiger partial charge in [-0.1, -0.05) is 34.1 Å². The van der Waals surface area contributed by atoms with Gasteiger partial charge >= 0.3 is 0 Å². The molecule has 4 rings (SSSR count). The average molecular weight is 444 g/mol. The lowest BCUT2D eigenvalue weighted by Crippen LogP contribution is -2.35. The molecule has 2 heterocycles. The predicted molar refractivity (Wildman–Crippen MR) is 108 cm³/mol.